The molecule has 0 aromatic heterocycles. The first-order valence-corrected chi connectivity index (χ1v) is 7.22. The fourth-order valence-corrected chi connectivity index (χ4v) is 2.36. The Morgan fingerprint density at radius 3 is 2.32 bits per heavy atom. The van der Waals surface area contributed by atoms with Crippen LogP contribution in [0.1, 0.15) is 53.9 Å². The van der Waals surface area contributed by atoms with E-state index < -0.39 is 5.60 Å². The Bertz CT molecular complexity index is 331. The van der Waals surface area contributed by atoms with Crippen LogP contribution in [0.3, 0.4) is 0 Å². The molecule has 0 saturated carbocycles. The fraction of sp³-hybridized carbons (Fsp3) is 0.867. The van der Waals surface area contributed by atoms with Gasteiger partial charge in [-0.15, -0.1) is 0 Å². The van der Waals surface area contributed by atoms with Gasteiger partial charge in [-0.2, -0.15) is 0 Å². The van der Waals surface area contributed by atoms with Crippen molar-refractivity contribution in [3.05, 3.63) is 0 Å². The van der Waals surface area contributed by atoms with Gasteiger partial charge in [-0.3, -0.25) is 4.79 Å². The van der Waals surface area contributed by atoms with Crippen molar-refractivity contribution in [3.8, 4) is 0 Å². The van der Waals surface area contributed by atoms with Gasteiger partial charge in [0.15, 0.2) is 0 Å². The Morgan fingerprint density at radius 2 is 1.79 bits per heavy atom. The van der Waals surface area contributed by atoms with Gasteiger partial charge in [-0.25, -0.2) is 4.79 Å². The summed E-state index contributed by atoms with van der Waals surface area (Å²) < 4.78 is 5.38. The zero-order valence-electron chi connectivity index (χ0n) is 12.9. The number of carbonyl (C=O) groups is 2. The molecule has 1 unspecified atom stereocenters. The molecule has 0 bridgehead atoms. The molecule has 0 spiro atoms. The standard InChI is InChI=1S/C15H27NO3/c1-11(2)13(17)12-7-6-9-16(10-8-12)14(18)19-15(3,4)5/h11-12H,6-10H2,1-5H3. The topological polar surface area (TPSA) is 46.6 Å². The summed E-state index contributed by atoms with van der Waals surface area (Å²) in [5, 5.41) is 0. The number of rotatable bonds is 2. The summed E-state index contributed by atoms with van der Waals surface area (Å²) >= 11 is 0. The predicted molar refractivity (Wildman–Crippen MR) is 75.0 cm³/mol. The van der Waals surface area contributed by atoms with E-state index in [2.05, 4.69) is 0 Å². The van der Waals surface area contributed by atoms with Crippen LogP contribution in [0.15, 0.2) is 0 Å². The van der Waals surface area contributed by atoms with Crippen molar-refractivity contribution in [1.82, 2.24) is 4.90 Å². The summed E-state index contributed by atoms with van der Waals surface area (Å²) in [6, 6.07) is 0. The quantitative estimate of drug-likeness (QED) is 0.773. The minimum atomic E-state index is -0.462. The van der Waals surface area contributed by atoms with Crippen molar-refractivity contribution in [2.45, 2.75) is 59.5 Å². The van der Waals surface area contributed by atoms with E-state index in [1.54, 1.807) is 4.90 Å². The lowest BCUT2D eigenvalue weighted by Crippen LogP contribution is -2.37. The Hall–Kier alpha value is -1.06. The zero-order chi connectivity index (χ0) is 14.6. The van der Waals surface area contributed by atoms with Gasteiger partial charge in [0, 0.05) is 24.9 Å². The van der Waals surface area contributed by atoms with E-state index in [9.17, 15) is 9.59 Å². The van der Waals surface area contributed by atoms with Gasteiger partial charge < -0.3 is 9.64 Å². The first kappa shape index (κ1) is 16.0. The van der Waals surface area contributed by atoms with Crippen LogP contribution < -0.4 is 0 Å². The molecule has 0 radical (unpaired) electrons. The van der Waals surface area contributed by atoms with Crippen LogP contribution in [0.25, 0.3) is 0 Å². The summed E-state index contributed by atoms with van der Waals surface area (Å²) in [4.78, 5) is 25.8. The highest BCUT2D eigenvalue weighted by Crippen LogP contribution is 2.22. The van der Waals surface area contributed by atoms with Gasteiger partial charge in [0.2, 0.25) is 0 Å². The molecule has 1 amide bonds. The minimum absolute atomic E-state index is 0.0816. The molecule has 110 valence electrons. The molecule has 4 nitrogen and oxygen atoms in total. The number of carbonyl (C=O) groups excluding carboxylic acids is 2. The third-order valence-electron chi connectivity index (χ3n) is 3.35. The van der Waals surface area contributed by atoms with Crippen LogP contribution in [0.5, 0.6) is 0 Å². The van der Waals surface area contributed by atoms with Crippen molar-refractivity contribution < 1.29 is 14.3 Å². The van der Waals surface area contributed by atoms with Crippen LogP contribution >= 0.6 is 0 Å². The normalized spacial score (nSPS) is 21.2. The minimum Gasteiger partial charge on any atom is -0.444 e. The molecule has 1 aliphatic heterocycles. The number of amides is 1. The van der Waals surface area contributed by atoms with E-state index in [0.29, 0.717) is 18.9 Å². The maximum atomic E-state index is 12.0. The van der Waals surface area contributed by atoms with Crippen LogP contribution in [0, 0.1) is 11.8 Å². The molecule has 4 heteroatoms. The number of hydrogen-bond acceptors (Lipinski definition) is 3. The largest absolute Gasteiger partial charge is 0.444 e. The molecular formula is C15H27NO3. The molecule has 19 heavy (non-hydrogen) atoms. The highest BCUT2D eigenvalue weighted by Gasteiger charge is 2.28. The molecular weight excluding hydrogens is 242 g/mol. The smallest absolute Gasteiger partial charge is 0.410 e. The molecule has 0 N–H and O–H groups in total. The number of Topliss-reactive ketones (excluding diaryl/α,β-unsaturated/α-hetero) is 1. The Balaban J connectivity index is 2.54. The second kappa shape index (κ2) is 6.40. The summed E-state index contributed by atoms with van der Waals surface area (Å²) in [5.41, 5.74) is -0.462. The second-order valence-corrected chi connectivity index (χ2v) is 6.65. The first-order chi connectivity index (χ1) is 8.70. The summed E-state index contributed by atoms with van der Waals surface area (Å²) in [5.74, 6) is 0.511. The van der Waals surface area contributed by atoms with Crippen molar-refractivity contribution in [3.63, 3.8) is 0 Å². The maximum absolute atomic E-state index is 12.0. The number of ketones is 1. The molecule has 1 rings (SSSR count). The van der Waals surface area contributed by atoms with E-state index in [0.717, 1.165) is 19.3 Å². The van der Waals surface area contributed by atoms with Crippen molar-refractivity contribution in [2.24, 2.45) is 11.8 Å². The predicted octanol–water partition coefficient (Wildman–Crippen LogP) is 3.25. The van der Waals surface area contributed by atoms with E-state index in [-0.39, 0.29) is 17.9 Å². The average molecular weight is 269 g/mol. The van der Waals surface area contributed by atoms with E-state index in [1.807, 2.05) is 34.6 Å². The van der Waals surface area contributed by atoms with E-state index in [4.69, 9.17) is 4.74 Å². The third kappa shape index (κ3) is 5.21. The molecule has 1 heterocycles. The Labute approximate surface area is 116 Å². The van der Waals surface area contributed by atoms with Gasteiger partial charge in [-0.05, 0) is 40.0 Å². The fourth-order valence-electron chi connectivity index (χ4n) is 2.36. The molecule has 1 saturated heterocycles. The van der Waals surface area contributed by atoms with Crippen LogP contribution in [0.2, 0.25) is 0 Å². The Kier molecular flexibility index (Phi) is 5.39. The van der Waals surface area contributed by atoms with Crippen molar-refractivity contribution in [1.29, 1.82) is 0 Å². The first-order valence-electron chi connectivity index (χ1n) is 7.22. The highest BCUT2D eigenvalue weighted by molar-refractivity contribution is 5.82. The van der Waals surface area contributed by atoms with E-state index in [1.165, 1.54) is 0 Å². The summed E-state index contributed by atoms with van der Waals surface area (Å²) in [7, 11) is 0. The van der Waals surface area contributed by atoms with Gasteiger partial charge in [0.25, 0.3) is 0 Å². The monoisotopic (exact) mass is 269 g/mol. The Morgan fingerprint density at radius 1 is 1.16 bits per heavy atom. The summed E-state index contributed by atoms with van der Waals surface area (Å²) in [6.07, 6.45) is 2.26. The molecule has 1 aliphatic rings. The average Bonchev–Trinajstić information content (AvgIpc) is 2.50. The molecule has 1 fully saturated rings. The maximum Gasteiger partial charge on any atom is 0.410 e. The lowest BCUT2D eigenvalue weighted by molar-refractivity contribution is -0.126. The van der Waals surface area contributed by atoms with Crippen LogP contribution in [0.4, 0.5) is 4.79 Å². The molecule has 0 aromatic rings. The lowest BCUT2D eigenvalue weighted by Gasteiger charge is -2.26. The van der Waals surface area contributed by atoms with Gasteiger partial charge in [0.05, 0.1) is 0 Å². The second-order valence-electron chi connectivity index (χ2n) is 6.65. The van der Waals surface area contributed by atoms with Gasteiger partial charge in [0.1, 0.15) is 11.4 Å². The molecule has 1 atom stereocenters. The highest BCUT2D eigenvalue weighted by atomic mass is 16.6. The van der Waals surface area contributed by atoms with Crippen LogP contribution in [-0.4, -0.2) is 35.5 Å². The van der Waals surface area contributed by atoms with Crippen molar-refractivity contribution in [2.75, 3.05) is 13.1 Å². The number of likely N-dealkylation sites (tertiary alicyclic amines) is 1. The lowest BCUT2D eigenvalue weighted by atomic mass is 9.89. The van der Waals surface area contributed by atoms with E-state index >= 15 is 0 Å². The van der Waals surface area contributed by atoms with Gasteiger partial charge in [-0.1, -0.05) is 13.8 Å². The SMILES string of the molecule is CC(C)C(=O)C1CCCN(C(=O)OC(C)(C)C)CC1. The summed E-state index contributed by atoms with van der Waals surface area (Å²) in [6.45, 7) is 10.8. The van der Waals surface area contributed by atoms with Gasteiger partial charge >= 0.3 is 6.09 Å². The van der Waals surface area contributed by atoms with Crippen LogP contribution in [-0.2, 0) is 9.53 Å². The molecule has 0 aromatic carbocycles. The number of nitrogens with zero attached hydrogens (tertiary/aromatic N) is 1. The zero-order valence-corrected chi connectivity index (χ0v) is 12.9. The third-order valence-corrected chi connectivity index (χ3v) is 3.35. The number of ether oxygens (including phenoxy) is 1. The molecule has 0 aliphatic carbocycles. The number of hydrogen-bond donors (Lipinski definition) is 0. The van der Waals surface area contributed by atoms with Crippen molar-refractivity contribution >= 4 is 11.9 Å².